The molecular weight excluding hydrogens is 300 g/mol. The lowest BCUT2D eigenvalue weighted by Gasteiger charge is -2.33. The molecule has 0 fully saturated rings. The minimum Gasteiger partial charge on any atom is -0.431 e. The first kappa shape index (κ1) is 18.2. The van der Waals surface area contributed by atoms with Crippen LogP contribution in [0.25, 0.3) is 0 Å². The van der Waals surface area contributed by atoms with Crippen molar-refractivity contribution in [1.29, 1.82) is 0 Å². The van der Waals surface area contributed by atoms with Crippen molar-refractivity contribution in [3.63, 3.8) is 0 Å². The third-order valence-electron chi connectivity index (χ3n) is 4.20. The van der Waals surface area contributed by atoms with E-state index in [4.69, 9.17) is 0 Å². The average Bonchev–Trinajstić information content (AvgIpc) is 2.41. The Balaban J connectivity index is 2.81. The molecule has 6 heteroatoms. The highest BCUT2D eigenvalue weighted by atomic mass is 28.4. The van der Waals surface area contributed by atoms with Gasteiger partial charge < -0.3 is 4.80 Å². The second-order valence-electron chi connectivity index (χ2n) is 6.11. The molecule has 0 aliphatic heterocycles. The van der Waals surface area contributed by atoms with Crippen LogP contribution < -0.4 is 0 Å². The van der Waals surface area contributed by atoms with Gasteiger partial charge in [-0.05, 0) is 41.6 Å². The van der Waals surface area contributed by atoms with Crippen molar-refractivity contribution in [3.8, 4) is 0 Å². The maximum atomic E-state index is 13.5. The molecule has 1 nitrogen and oxygen atoms in total. The van der Waals surface area contributed by atoms with Crippen molar-refractivity contribution in [2.45, 2.75) is 57.7 Å². The zero-order valence-electron chi connectivity index (χ0n) is 12.8. The number of aryl methyl sites for hydroxylation is 1. The molecule has 0 aromatic heterocycles. The monoisotopic (exact) mass is 322 g/mol. The van der Waals surface area contributed by atoms with Crippen LogP contribution in [0.4, 0.5) is 17.6 Å². The lowest BCUT2D eigenvalue weighted by Crippen LogP contribution is -2.41. The smallest absolute Gasteiger partial charge is 0.197 e. The fourth-order valence-electron chi connectivity index (χ4n) is 2.61. The van der Waals surface area contributed by atoms with Crippen molar-refractivity contribution in [2.24, 2.45) is 0 Å². The topological polar surface area (TPSA) is 20.2 Å². The fourth-order valence-corrected chi connectivity index (χ4v) is 5.84. The molecule has 0 saturated heterocycles. The fraction of sp³-hybridized carbons (Fsp3) is 0.600. The van der Waals surface area contributed by atoms with E-state index in [9.17, 15) is 22.4 Å². The molecule has 21 heavy (non-hydrogen) atoms. The van der Waals surface area contributed by atoms with Crippen LogP contribution in [0.15, 0.2) is 6.07 Å². The third kappa shape index (κ3) is 3.86. The predicted molar refractivity (Wildman–Crippen MR) is 77.6 cm³/mol. The maximum Gasteiger partial charge on any atom is 0.197 e. The Morgan fingerprint density at radius 1 is 0.952 bits per heavy atom. The van der Waals surface area contributed by atoms with Crippen molar-refractivity contribution in [1.82, 2.24) is 0 Å². The highest BCUT2D eigenvalue weighted by molar-refractivity contribution is 6.75. The van der Waals surface area contributed by atoms with Gasteiger partial charge in [-0.3, -0.25) is 0 Å². The largest absolute Gasteiger partial charge is 0.431 e. The van der Waals surface area contributed by atoms with Gasteiger partial charge in [0.2, 0.25) is 0 Å². The molecule has 0 bridgehead atoms. The van der Waals surface area contributed by atoms with E-state index in [1.54, 1.807) is 0 Å². The van der Waals surface area contributed by atoms with E-state index >= 15 is 0 Å². The average molecular weight is 322 g/mol. The van der Waals surface area contributed by atoms with E-state index in [1.165, 1.54) is 0 Å². The molecule has 1 aromatic rings. The normalized spacial score (nSPS) is 12.5. The van der Waals surface area contributed by atoms with Crippen LogP contribution in [0.2, 0.25) is 17.1 Å². The summed E-state index contributed by atoms with van der Waals surface area (Å²) < 4.78 is 52.7. The van der Waals surface area contributed by atoms with Gasteiger partial charge in [0.15, 0.2) is 31.6 Å². The Morgan fingerprint density at radius 2 is 1.48 bits per heavy atom. The SMILES string of the molecule is CC(C)[Si](O)(CCCc1cc(F)c(F)c(F)c1F)C(C)C. The van der Waals surface area contributed by atoms with Crippen LogP contribution in [0.1, 0.15) is 39.7 Å². The summed E-state index contributed by atoms with van der Waals surface area (Å²) in [6, 6.07) is 1.21. The van der Waals surface area contributed by atoms with Crippen molar-refractivity contribution < 1.29 is 22.4 Å². The summed E-state index contributed by atoms with van der Waals surface area (Å²) in [6.45, 7) is 7.79. The van der Waals surface area contributed by atoms with E-state index in [-0.39, 0.29) is 23.1 Å². The summed E-state index contributed by atoms with van der Waals surface area (Å²) in [5.41, 5.74) is 0.100. The molecule has 0 heterocycles. The van der Waals surface area contributed by atoms with Gasteiger partial charge in [0, 0.05) is 0 Å². The number of hydrogen-bond acceptors (Lipinski definition) is 1. The molecule has 0 atom stereocenters. The first-order chi connectivity index (χ1) is 9.61. The maximum absolute atomic E-state index is 13.5. The number of halogens is 4. The predicted octanol–water partition coefficient (Wildman–Crippen LogP) is 4.93. The minimum absolute atomic E-state index is 0.0781. The van der Waals surface area contributed by atoms with Gasteiger partial charge in [-0.2, -0.15) is 0 Å². The van der Waals surface area contributed by atoms with E-state index in [2.05, 4.69) is 0 Å². The Morgan fingerprint density at radius 3 is 1.95 bits per heavy atom. The lowest BCUT2D eigenvalue weighted by atomic mass is 10.1. The molecule has 0 radical (unpaired) electrons. The Labute approximate surface area is 124 Å². The summed E-state index contributed by atoms with van der Waals surface area (Å²) in [7, 11) is -2.50. The third-order valence-corrected chi connectivity index (χ3v) is 9.35. The molecular formula is C15H22F4OSi. The summed E-state index contributed by atoms with van der Waals surface area (Å²) in [4.78, 5) is 10.7. The highest BCUT2D eigenvalue weighted by Gasteiger charge is 2.37. The van der Waals surface area contributed by atoms with E-state index in [0.717, 1.165) is 0 Å². The molecule has 0 aliphatic carbocycles. The molecule has 0 unspecified atom stereocenters. The van der Waals surface area contributed by atoms with Crippen LogP contribution in [0.3, 0.4) is 0 Å². The van der Waals surface area contributed by atoms with Gasteiger partial charge in [0.1, 0.15) is 0 Å². The van der Waals surface area contributed by atoms with Crippen LogP contribution in [-0.4, -0.2) is 13.1 Å². The number of hydrogen-bond donors (Lipinski definition) is 1. The molecule has 1 N–H and O–H groups in total. The molecule has 1 rings (SSSR count). The molecule has 0 saturated carbocycles. The van der Waals surface area contributed by atoms with E-state index in [0.29, 0.717) is 18.5 Å². The number of rotatable bonds is 6. The van der Waals surface area contributed by atoms with Gasteiger partial charge in [-0.25, -0.2) is 17.6 Å². The molecule has 0 spiro atoms. The Bertz CT molecular complexity index is 495. The van der Waals surface area contributed by atoms with Crippen molar-refractivity contribution >= 4 is 8.32 Å². The van der Waals surface area contributed by atoms with Crippen molar-refractivity contribution in [2.75, 3.05) is 0 Å². The molecule has 0 amide bonds. The van der Waals surface area contributed by atoms with Crippen LogP contribution in [-0.2, 0) is 6.42 Å². The van der Waals surface area contributed by atoms with Crippen LogP contribution in [0.5, 0.6) is 0 Å². The zero-order chi connectivity index (χ0) is 16.4. The van der Waals surface area contributed by atoms with Crippen molar-refractivity contribution in [3.05, 3.63) is 34.9 Å². The summed E-state index contributed by atoms with van der Waals surface area (Å²) in [6.07, 6.45) is 0.495. The first-order valence-electron chi connectivity index (χ1n) is 7.15. The standard InChI is InChI=1S/C15H22F4OSi/c1-9(2)21(20,10(3)4)7-5-6-11-8-12(16)14(18)15(19)13(11)17/h8-10,20H,5-7H2,1-4H3. The zero-order valence-corrected chi connectivity index (χ0v) is 13.8. The molecule has 0 aliphatic rings. The second kappa shape index (κ2) is 6.92. The minimum atomic E-state index is -2.50. The van der Waals surface area contributed by atoms with E-state index in [1.807, 2.05) is 27.7 Å². The summed E-state index contributed by atoms with van der Waals surface area (Å²) in [5, 5.41) is 0. The van der Waals surface area contributed by atoms with Crippen LogP contribution >= 0.6 is 0 Å². The van der Waals surface area contributed by atoms with Gasteiger partial charge in [0.05, 0.1) is 0 Å². The quantitative estimate of drug-likeness (QED) is 0.341. The van der Waals surface area contributed by atoms with Gasteiger partial charge in [-0.1, -0.05) is 27.7 Å². The molecule has 1 aromatic carbocycles. The highest BCUT2D eigenvalue weighted by Crippen LogP contribution is 2.34. The summed E-state index contributed by atoms with van der Waals surface area (Å²) in [5.74, 6) is -6.28. The van der Waals surface area contributed by atoms with Gasteiger partial charge in [0.25, 0.3) is 0 Å². The number of benzene rings is 1. The first-order valence-corrected chi connectivity index (χ1v) is 9.46. The van der Waals surface area contributed by atoms with E-state index < -0.39 is 31.6 Å². The Hall–Kier alpha value is -0.883. The Kier molecular flexibility index (Phi) is 5.98. The summed E-state index contributed by atoms with van der Waals surface area (Å²) >= 11 is 0. The molecule has 120 valence electrons. The van der Waals surface area contributed by atoms with Gasteiger partial charge in [-0.15, -0.1) is 0 Å². The van der Waals surface area contributed by atoms with Crippen LogP contribution in [0, 0.1) is 23.3 Å². The lowest BCUT2D eigenvalue weighted by molar-refractivity contribution is 0.403. The second-order valence-corrected chi connectivity index (χ2v) is 10.9. The van der Waals surface area contributed by atoms with Gasteiger partial charge >= 0.3 is 0 Å².